The van der Waals surface area contributed by atoms with Gasteiger partial charge in [-0.3, -0.25) is 0 Å². The molecule has 2 aromatic carbocycles. The van der Waals surface area contributed by atoms with E-state index in [0.29, 0.717) is 0 Å². The van der Waals surface area contributed by atoms with Crippen LogP contribution in [-0.2, 0) is 0 Å². The van der Waals surface area contributed by atoms with Crippen LogP contribution in [0, 0.1) is 20.8 Å². The predicted octanol–water partition coefficient (Wildman–Crippen LogP) is 6.41. The summed E-state index contributed by atoms with van der Waals surface area (Å²) >= 11 is 0. The van der Waals surface area contributed by atoms with Gasteiger partial charge in [0.1, 0.15) is 0 Å². The number of benzene rings is 2. The van der Waals surface area contributed by atoms with E-state index in [0.717, 1.165) is 0 Å². The summed E-state index contributed by atoms with van der Waals surface area (Å²) in [5.74, 6) is 0. The molecule has 130 valence electrons. The highest BCUT2D eigenvalue weighted by Crippen LogP contribution is 2.37. The molecule has 0 aliphatic heterocycles. The molecule has 0 N–H and O–H groups in total. The van der Waals surface area contributed by atoms with Crippen molar-refractivity contribution in [2.75, 3.05) is 6.16 Å². The normalized spacial score (nSPS) is 12.3. The third-order valence-electron chi connectivity index (χ3n) is 5.12. The van der Waals surface area contributed by atoms with Crippen molar-refractivity contribution in [3.63, 3.8) is 0 Å². The Labute approximate surface area is 150 Å². The molecular formula is C23H33P. The maximum atomic E-state index is 2.40. The zero-order chi connectivity index (χ0) is 17.4. The quantitative estimate of drug-likeness (QED) is 0.366. The van der Waals surface area contributed by atoms with Gasteiger partial charge in [0.05, 0.1) is 0 Å². The van der Waals surface area contributed by atoms with Crippen molar-refractivity contribution in [2.24, 2.45) is 0 Å². The van der Waals surface area contributed by atoms with Gasteiger partial charge in [0.2, 0.25) is 0 Å². The lowest BCUT2D eigenvalue weighted by Crippen LogP contribution is -2.18. The van der Waals surface area contributed by atoms with E-state index in [9.17, 15) is 0 Å². The van der Waals surface area contributed by atoms with Crippen LogP contribution in [0.2, 0.25) is 0 Å². The minimum atomic E-state index is -0.225. The standard InChI is InChI=1S/C23H33P/c1-5-6-7-8-9-13-18-24(22-14-11-10-12-15-22)23-17-16-19(2)20(3)21(23)4/h10-12,14-17H,5-9,13,18H2,1-4H3. The maximum Gasteiger partial charge on any atom is -0.0163 e. The van der Waals surface area contributed by atoms with Gasteiger partial charge < -0.3 is 0 Å². The van der Waals surface area contributed by atoms with Gasteiger partial charge in [-0.15, -0.1) is 0 Å². The molecule has 0 fully saturated rings. The topological polar surface area (TPSA) is 0 Å². The van der Waals surface area contributed by atoms with Gasteiger partial charge in [-0.1, -0.05) is 81.5 Å². The molecule has 0 aliphatic rings. The van der Waals surface area contributed by atoms with Crippen LogP contribution in [0.25, 0.3) is 0 Å². The van der Waals surface area contributed by atoms with Crippen molar-refractivity contribution in [1.29, 1.82) is 0 Å². The molecule has 0 aliphatic carbocycles. The fourth-order valence-electron chi connectivity index (χ4n) is 3.28. The minimum Gasteiger partial charge on any atom is -0.0654 e. The van der Waals surface area contributed by atoms with Crippen molar-refractivity contribution in [3.8, 4) is 0 Å². The zero-order valence-electron chi connectivity index (χ0n) is 15.9. The Morgan fingerprint density at radius 3 is 2.08 bits per heavy atom. The molecule has 2 rings (SSSR count). The van der Waals surface area contributed by atoms with E-state index in [-0.39, 0.29) is 7.92 Å². The Morgan fingerprint density at radius 1 is 0.708 bits per heavy atom. The second-order valence-electron chi connectivity index (χ2n) is 6.91. The highest BCUT2D eigenvalue weighted by molar-refractivity contribution is 7.73. The van der Waals surface area contributed by atoms with Gasteiger partial charge in [0.25, 0.3) is 0 Å². The molecule has 0 aromatic heterocycles. The molecule has 1 atom stereocenters. The Hall–Kier alpha value is -1.13. The van der Waals surface area contributed by atoms with E-state index < -0.39 is 0 Å². The lowest BCUT2D eigenvalue weighted by atomic mass is 10.1. The second kappa shape index (κ2) is 10.00. The summed E-state index contributed by atoms with van der Waals surface area (Å²) in [4.78, 5) is 0. The van der Waals surface area contributed by atoms with Crippen LogP contribution < -0.4 is 10.6 Å². The Kier molecular flexibility index (Phi) is 8.00. The molecule has 0 nitrogen and oxygen atoms in total. The van der Waals surface area contributed by atoms with Crippen molar-refractivity contribution in [3.05, 3.63) is 59.2 Å². The summed E-state index contributed by atoms with van der Waals surface area (Å²) in [6.45, 7) is 9.11. The first-order chi connectivity index (χ1) is 11.6. The van der Waals surface area contributed by atoms with Gasteiger partial charge in [0.15, 0.2) is 0 Å². The molecule has 1 heteroatoms. The molecule has 0 saturated carbocycles. The molecule has 0 heterocycles. The Balaban J connectivity index is 2.14. The van der Waals surface area contributed by atoms with Crippen LogP contribution in [0.1, 0.15) is 62.1 Å². The van der Waals surface area contributed by atoms with Gasteiger partial charge in [-0.25, -0.2) is 0 Å². The average Bonchev–Trinajstić information content (AvgIpc) is 2.61. The van der Waals surface area contributed by atoms with Crippen molar-refractivity contribution in [2.45, 2.75) is 66.2 Å². The largest absolute Gasteiger partial charge is 0.0654 e. The first-order valence-electron chi connectivity index (χ1n) is 9.54. The Morgan fingerprint density at radius 2 is 1.38 bits per heavy atom. The zero-order valence-corrected chi connectivity index (χ0v) is 16.8. The lowest BCUT2D eigenvalue weighted by molar-refractivity contribution is 0.626. The summed E-state index contributed by atoms with van der Waals surface area (Å²) in [6.07, 6.45) is 9.60. The number of unbranched alkanes of at least 4 members (excludes halogenated alkanes) is 5. The molecule has 0 saturated heterocycles. The van der Waals surface area contributed by atoms with Crippen LogP contribution in [0.4, 0.5) is 0 Å². The van der Waals surface area contributed by atoms with E-state index >= 15 is 0 Å². The molecular weight excluding hydrogens is 307 g/mol. The fourth-order valence-corrected chi connectivity index (χ4v) is 5.96. The van der Waals surface area contributed by atoms with Crippen molar-refractivity contribution < 1.29 is 0 Å². The molecule has 0 amide bonds. The van der Waals surface area contributed by atoms with Gasteiger partial charge in [-0.05, 0) is 68.6 Å². The van der Waals surface area contributed by atoms with Gasteiger partial charge >= 0.3 is 0 Å². The number of aryl methyl sites for hydroxylation is 1. The van der Waals surface area contributed by atoms with E-state index in [2.05, 4.69) is 70.2 Å². The smallest absolute Gasteiger partial charge is 0.0163 e. The van der Waals surface area contributed by atoms with Crippen LogP contribution in [0.15, 0.2) is 42.5 Å². The minimum absolute atomic E-state index is 0.225. The average molecular weight is 340 g/mol. The number of hydrogen-bond donors (Lipinski definition) is 0. The highest BCUT2D eigenvalue weighted by Gasteiger charge is 2.16. The van der Waals surface area contributed by atoms with Crippen LogP contribution >= 0.6 is 7.92 Å². The SMILES string of the molecule is CCCCCCCCP(c1ccccc1)c1ccc(C)c(C)c1C. The number of hydrogen-bond acceptors (Lipinski definition) is 0. The highest BCUT2D eigenvalue weighted by atomic mass is 31.1. The van der Waals surface area contributed by atoms with Crippen LogP contribution in [-0.4, -0.2) is 6.16 Å². The van der Waals surface area contributed by atoms with Crippen molar-refractivity contribution >= 4 is 18.5 Å². The predicted molar refractivity (Wildman–Crippen MR) is 112 cm³/mol. The van der Waals surface area contributed by atoms with Crippen molar-refractivity contribution in [1.82, 2.24) is 0 Å². The monoisotopic (exact) mass is 340 g/mol. The third kappa shape index (κ3) is 5.18. The van der Waals surface area contributed by atoms with E-state index in [1.165, 1.54) is 66.7 Å². The summed E-state index contributed by atoms with van der Waals surface area (Å²) in [7, 11) is -0.225. The van der Waals surface area contributed by atoms with Gasteiger partial charge in [0, 0.05) is 0 Å². The molecule has 2 aromatic rings. The summed E-state index contributed by atoms with van der Waals surface area (Å²) in [6, 6.07) is 15.9. The lowest BCUT2D eigenvalue weighted by Gasteiger charge is -2.22. The van der Waals surface area contributed by atoms with E-state index in [4.69, 9.17) is 0 Å². The molecule has 0 spiro atoms. The summed E-state index contributed by atoms with van der Waals surface area (Å²) in [5.41, 5.74) is 4.40. The van der Waals surface area contributed by atoms with E-state index in [1.807, 2.05) is 0 Å². The molecule has 1 unspecified atom stereocenters. The second-order valence-corrected chi connectivity index (χ2v) is 9.21. The molecule has 0 radical (unpaired) electrons. The maximum absolute atomic E-state index is 2.40. The Bertz CT molecular complexity index is 615. The molecule has 0 bridgehead atoms. The molecule has 24 heavy (non-hydrogen) atoms. The first-order valence-corrected chi connectivity index (χ1v) is 11.1. The summed E-state index contributed by atoms with van der Waals surface area (Å²) < 4.78 is 0. The van der Waals surface area contributed by atoms with Crippen LogP contribution in [0.3, 0.4) is 0 Å². The van der Waals surface area contributed by atoms with Gasteiger partial charge in [-0.2, -0.15) is 0 Å². The van der Waals surface area contributed by atoms with Crippen LogP contribution in [0.5, 0.6) is 0 Å². The number of rotatable bonds is 9. The summed E-state index contributed by atoms with van der Waals surface area (Å²) in [5, 5.41) is 3.13. The fraction of sp³-hybridized carbons (Fsp3) is 0.478. The first kappa shape index (κ1) is 19.2. The third-order valence-corrected chi connectivity index (χ3v) is 7.87. The van der Waals surface area contributed by atoms with E-state index in [1.54, 1.807) is 5.30 Å².